The van der Waals surface area contributed by atoms with Crippen molar-refractivity contribution in [3.05, 3.63) is 53.7 Å². The average Bonchev–Trinajstić information content (AvgIpc) is 3.31. The summed E-state index contributed by atoms with van der Waals surface area (Å²) in [5.41, 5.74) is 9.16. The van der Waals surface area contributed by atoms with Crippen molar-refractivity contribution in [2.24, 2.45) is 0 Å². The third-order valence-corrected chi connectivity index (χ3v) is 7.71. The maximum atomic E-state index is 4.99. The Hall–Kier alpha value is -2.75. The van der Waals surface area contributed by atoms with Gasteiger partial charge in [-0.2, -0.15) is 0 Å². The average molecular weight is 427 g/mol. The van der Waals surface area contributed by atoms with E-state index in [0.29, 0.717) is 0 Å². The summed E-state index contributed by atoms with van der Waals surface area (Å²) >= 11 is 0. The molecule has 4 heteroatoms. The predicted octanol–water partition coefficient (Wildman–Crippen LogP) is 6.22. The maximum Gasteiger partial charge on any atom is 0.0727 e. The van der Waals surface area contributed by atoms with E-state index in [2.05, 4.69) is 64.1 Å². The molecular weight excluding hydrogens is 392 g/mol. The van der Waals surface area contributed by atoms with Gasteiger partial charge < -0.3 is 14.7 Å². The first-order valence-electron chi connectivity index (χ1n) is 12.6. The zero-order valence-electron chi connectivity index (χ0n) is 19.3. The van der Waals surface area contributed by atoms with Crippen molar-refractivity contribution in [1.29, 1.82) is 0 Å². The molecule has 3 aromatic rings. The minimum atomic E-state index is 1.04. The van der Waals surface area contributed by atoms with E-state index in [0.717, 1.165) is 18.5 Å². The lowest BCUT2D eigenvalue weighted by atomic mass is 10.0. The van der Waals surface area contributed by atoms with Gasteiger partial charge >= 0.3 is 0 Å². The van der Waals surface area contributed by atoms with Gasteiger partial charge in [-0.1, -0.05) is 0 Å². The van der Waals surface area contributed by atoms with E-state index in [1.807, 2.05) is 0 Å². The standard InChI is InChI=1S/C28H34N4/c1-21-25-14-19-32(23-10-8-22(9-11-23)30-15-4-2-5-16-30)28(25)26-20-24(12-13-27(26)29-21)31-17-6-3-7-18-31/h8-13,20H,2-7,14-19H2,1H3. The first kappa shape index (κ1) is 19.9. The van der Waals surface area contributed by atoms with Crippen molar-refractivity contribution in [2.45, 2.75) is 51.9 Å². The Balaban J connectivity index is 1.38. The summed E-state index contributed by atoms with van der Waals surface area (Å²) in [4.78, 5) is 12.6. The van der Waals surface area contributed by atoms with Gasteiger partial charge in [-0.05, 0) is 99.9 Å². The van der Waals surface area contributed by atoms with Crippen molar-refractivity contribution in [3.8, 4) is 0 Å². The highest BCUT2D eigenvalue weighted by molar-refractivity contribution is 5.99. The topological polar surface area (TPSA) is 22.6 Å². The van der Waals surface area contributed by atoms with Crippen molar-refractivity contribution < 1.29 is 0 Å². The molecule has 3 aliphatic rings. The van der Waals surface area contributed by atoms with E-state index in [1.165, 1.54) is 104 Å². The quantitative estimate of drug-likeness (QED) is 0.496. The highest BCUT2D eigenvalue weighted by atomic mass is 15.2. The second-order valence-corrected chi connectivity index (χ2v) is 9.74. The van der Waals surface area contributed by atoms with Crippen molar-refractivity contribution in [2.75, 3.05) is 47.4 Å². The summed E-state index contributed by atoms with van der Waals surface area (Å²) in [6.45, 7) is 7.96. The molecule has 0 atom stereocenters. The summed E-state index contributed by atoms with van der Waals surface area (Å²) in [7, 11) is 0. The molecule has 0 N–H and O–H groups in total. The fourth-order valence-electron chi connectivity index (χ4n) is 5.94. The first-order valence-corrected chi connectivity index (χ1v) is 12.6. The van der Waals surface area contributed by atoms with Crippen LogP contribution >= 0.6 is 0 Å². The van der Waals surface area contributed by atoms with Gasteiger partial charge in [-0.15, -0.1) is 0 Å². The van der Waals surface area contributed by atoms with Crippen molar-refractivity contribution in [1.82, 2.24) is 4.98 Å². The minimum Gasteiger partial charge on any atom is -0.372 e. The van der Waals surface area contributed by atoms with Gasteiger partial charge in [0.05, 0.1) is 11.2 Å². The Labute approximate surface area is 191 Å². The van der Waals surface area contributed by atoms with Gasteiger partial charge in [0.25, 0.3) is 0 Å². The van der Waals surface area contributed by atoms with Crippen LogP contribution in [0.1, 0.15) is 49.8 Å². The van der Waals surface area contributed by atoms with Gasteiger partial charge in [-0.25, -0.2) is 0 Å². The van der Waals surface area contributed by atoms with Crippen LogP contribution in [0.15, 0.2) is 42.5 Å². The SMILES string of the molecule is Cc1nc2ccc(N3CCCCC3)cc2c2c1CCN2c1ccc(N2CCCCC2)cc1. The number of pyridine rings is 1. The third kappa shape index (κ3) is 3.50. The highest BCUT2D eigenvalue weighted by Crippen LogP contribution is 2.42. The predicted molar refractivity (Wildman–Crippen MR) is 136 cm³/mol. The van der Waals surface area contributed by atoms with Crippen molar-refractivity contribution >= 4 is 33.7 Å². The molecule has 0 saturated carbocycles. The summed E-state index contributed by atoms with van der Waals surface area (Å²) in [6.07, 6.45) is 9.06. The molecule has 4 nitrogen and oxygen atoms in total. The largest absolute Gasteiger partial charge is 0.372 e. The van der Waals surface area contributed by atoms with Crippen LogP contribution in [0.4, 0.5) is 22.7 Å². The number of nitrogens with zero attached hydrogens (tertiary/aromatic N) is 4. The number of hydrogen-bond acceptors (Lipinski definition) is 4. The van der Waals surface area contributed by atoms with E-state index in [4.69, 9.17) is 4.98 Å². The fourth-order valence-corrected chi connectivity index (χ4v) is 5.94. The lowest BCUT2D eigenvalue weighted by Crippen LogP contribution is -2.29. The van der Waals surface area contributed by atoms with Gasteiger partial charge in [0.15, 0.2) is 0 Å². The smallest absolute Gasteiger partial charge is 0.0727 e. The van der Waals surface area contributed by atoms with E-state index in [9.17, 15) is 0 Å². The Morgan fingerprint density at radius 2 is 1.25 bits per heavy atom. The lowest BCUT2D eigenvalue weighted by Gasteiger charge is -2.30. The molecule has 32 heavy (non-hydrogen) atoms. The summed E-state index contributed by atoms with van der Waals surface area (Å²) in [6, 6.07) is 16.2. The number of aryl methyl sites for hydroxylation is 1. The van der Waals surface area contributed by atoms with Crippen LogP contribution < -0.4 is 14.7 Å². The molecule has 0 radical (unpaired) electrons. The molecule has 0 unspecified atom stereocenters. The molecular formula is C28H34N4. The first-order chi connectivity index (χ1) is 15.8. The van der Waals surface area contributed by atoms with Crippen molar-refractivity contribution in [3.63, 3.8) is 0 Å². The molecule has 0 spiro atoms. The molecule has 2 aromatic carbocycles. The molecule has 0 amide bonds. The summed E-state index contributed by atoms with van der Waals surface area (Å²) in [5.74, 6) is 0. The zero-order valence-corrected chi connectivity index (χ0v) is 19.3. The van der Waals surface area contributed by atoms with Gasteiger partial charge in [-0.3, -0.25) is 4.98 Å². The molecule has 2 fully saturated rings. The summed E-state index contributed by atoms with van der Waals surface area (Å²) in [5, 5.41) is 1.31. The number of fused-ring (bicyclic) bond motifs is 3. The number of anilines is 4. The second-order valence-electron chi connectivity index (χ2n) is 9.74. The molecule has 4 heterocycles. The Bertz CT molecular complexity index is 1110. The van der Waals surface area contributed by atoms with Crippen LogP contribution in [-0.2, 0) is 6.42 Å². The second kappa shape index (κ2) is 8.31. The Kier molecular flexibility index (Phi) is 5.17. The molecule has 166 valence electrons. The maximum absolute atomic E-state index is 4.99. The Morgan fingerprint density at radius 1 is 0.656 bits per heavy atom. The van der Waals surface area contributed by atoms with E-state index in [1.54, 1.807) is 0 Å². The van der Waals surface area contributed by atoms with Crippen LogP contribution in [0.2, 0.25) is 0 Å². The van der Waals surface area contributed by atoms with Crippen LogP contribution in [0, 0.1) is 6.92 Å². The van der Waals surface area contributed by atoms with Gasteiger partial charge in [0.2, 0.25) is 0 Å². The number of piperidine rings is 2. The molecule has 2 saturated heterocycles. The monoisotopic (exact) mass is 426 g/mol. The van der Waals surface area contributed by atoms with Crippen LogP contribution in [0.25, 0.3) is 10.9 Å². The third-order valence-electron chi connectivity index (χ3n) is 7.71. The van der Waals surface area contributed by atoms with Crippen LogP contribution in [-0.4, -0.2) is 37.7 Å². The van der Waals surface area contributed by atoms with Crippen LogP contribution in [0.5, 0.6) is 0 Å². The highest BCUT2D eigenvalue weighted by Gasteiger charge is 2.26. The van der Waals surface area contributed by atoms with E-state index < -0.39 is 0 Å². The molecule has 6 rings (SSSR count). The van der Waals surface area contributed by atoms with E-state index in [-0.39, 0.29) is 0 Å². The lowest BCUT2D eigenvalue weighted by molar-refractivity contribution is 0.578. The molecule has 0 bridgehead atoms. The molecule has 0 aliphatic carbocycles. The number of rotatable bonds is 3. The molecule has 3 aliphatic heterocycles. The van der Waals surface area contributed by atoms with E-state index >= 15 is 0 Å². The zero-order chi connectivity index (χ0) is 21.5. The number of benzene rings is 2. The summed E-state index contributed by atoms with van der Waals surface area (Å²) < 4.78 is 0. The molecule has 1 aromatic heterocycles. The van der Waals surface area contributed by atoms with Crippen LogP contribution in [0.3, 0.4) is 0 Å². The van der Waals surface area contributed by atoms with Gasteiger partial charge in [0, 0.05) is 60.9 Å². The number of aromatic nitrogens is 1. The van der Waals surface area contributed by atoms with Gasteiger partial charge in [0.1, 0.15) is 0 Å². The minimum absolute atomic E-state index is 1.04. The Morgan fingerprint density at radius 3 is 1.94 bits per heavy atom. The normalized spacial score (nSPS) is 19.0. The number of hydrogen-bond donors (Lipinski definition) is 0. The fraction of sp³-hybridized carbons (Fsp3) is 0.464.